The Labute approximate surface area is 96.6 Å². The van der Waals surface area contributed by atoms with Crippen molar-refractivity contribution < 1.29 is 9.47 Å². The Hall–Kier alpha value is -0.860. The third-order valence-electron chi connectivity index (χ3n) is 3.25. The maximum atomic E-state index is 5.29. The molecule has 0 radical (unpaired) electrons. The molecule has 86 valence electrons. The fraction of sp³-hybridized carbons (Fsp3) is 0.571. The molecule has 1 aromatic rings. The van der Waals surface area contributed by atoms with Gasteiger partial charge in [0.2, 0.25) is 0 Å². The molecule has 0 bridgehead atoms. The molecule has 0 N–H and O–H groups in total. The summed E-state index contributed by atoms with van der Waals surface area (Å²) in [6.45, 7) is 4.10. The highest BCUT2D eigenvalue weighted by molar-refractivity contribution is 5.31. The summed E-state index contributed by atoms with van der Waals surface area (Å²) in [6, 6.07) is 6.96. The summed E-state index contributed by atoms with van der Waals surface area (Å²) in [5.41, 5.74) is 4.30. The first-order chi connectivity index (χ1) is 7.83. The summed E-state index contributed by atoms with van der Waals surface area (Å²) in [6.07, 6.45) is 4.23. The van der Waals surface area contributed by atoms with Crippen molar-refractivity contribution >= 4 is 0 Å². The minimum atomic E-state index is 0.483. The molecule has 2 aliphatic heterocycles. The molecular formula is C14H18O2. The molecule has 0 aromatic heterocycles. The van der Waals surface area contributed by atoms with Crippen LogP contribution >= 0.6 is 0 Å². The first-order valence-corrected chi connectivity index (χ1v) is 6.18. The Bertz CT molecular complexity index is 346. The Morgan fingerprint density at radius 2 is 1.38 bits per heavy atom. The normalized spacial score (nSPS) is 26.8. The lowest BCUT2D eigenvalue weighted by atomic mass is 9.99. The Morgan fingerprint density at radius 3 is 1.75 bits per heavy atom. The molecule has 0 saturated carbocycles. The number of aryl methyl sites for hydroxylation is 1. The highest BCUT2D eigenvalue weighted by Gasteiger charge is 2.25. The van der Waals surface area contributed by atoms with E-state index in [2.05, 4.69) is 25.1 Å². The lowest BCUT2D eigenvalue weighted by Crippen LogP contribution is -1.99. The van der Waals surface area contributed by atoms with E-state index in [9.17, 15) is 0 Å². The van der Waals surface area contributed by atoms with Crippen molar-refractivity contribution in [2.24, 2.45) is 0 Å². The first kappa shape index (κ1) is 10.3. The fourth-order valence-corrected chi connectivity index (χ4v) is 2.18. The predicted molar refractivity (Wildman–Crippen MR) is 62.7 cm³/mol. The molecule has 2 nitrogen and oxygen atoms in total. The number of epoxide rings is 2. The zero-order valence-corrected chi connectivity index (χ0v) is 9.74. The van der Waals surface area contributed by atoms with Gasteiger partial charge in [0.15, 0.2) is 0 Å². The average molecular weight is 218 g/mol. The zero-order valence-electron chi connectivity index (χ0n) is 9.74. The monoisotopic (exact) mass is 218 g/mol. The highest BCUT2D eigenvalue weighted by atomic mass is 16.6. The van der Waals surface area contributed by atoms with Gasteiger partial charge in [-0.25, -0.2) is 0 Å². The van der Waals surface area contributed by atoms with E-state index in [4.69, 9.17) is 9.47 Å². The predicted octanol–water partition coefficient (Wildman–Crippen LogP) is 2.13. The van der Waals surface area contributed by atoms with Crippen LogP contribution in [0.5, 0.6) is 0 Å². The zero-order chi connectivity index (χ0) is 11.0. The van der Waals surface area contributed by atoms with Crippen molar-refractivity contribution in [3.05, 3.63) is 34.9 Å². The van der Waals surface area contributed by atoms with Crippen LogP contribution in [0.15, 0.2) is 18.2 Å². The van der Waals surface area contributed by atoms with E-state index < -0.39 is 0 Å². The van der Waals surface area contributed by atoms with Gasteiger partial charge in [0.25, 0.3) is 0 Å². The van der Waals surface area contributed by atoms with Crippen LogP contribution in [0.3, 0.4) is 0 Å². The fourth-order valence-electron chi connectivity index (χ4n) is 2.18. The van der Waals surface area contributed by atoms with Crippen LogP contribution in [0.1, 0.15) is 23.6 Å². The summed E-state index contributed by atoms with van der Waals surface area (Å²) >= 11 is 0. The van der Waals surface area contributed by atoms with E-state index in [1.165, 1.54) is 16.7 Å². The quantitative estimate of drug-likeness (QED) is 0.707. The molecule has 1 aromatic carbocycles. The average Bonchev–Trinajstić information content (AvgIpc) is 3.13. The van der Waals surface area contributed by atoms with Gasteiger partial charge in [0.05, 0.1) is 25.4 Å². The molecule has 2 atom stereocenters. The number of ether oxygens (including phenoxy) is 2. The Balaban J connectivity index is 1.78. The maximum absolute atomic E-state index is 5.29. The molecule has 16 heavy (non-hydrogen) atoms. The van der Waals surface area contributed by atoms with E-state index >= 15 is 0 Å². The van der Waals surface area contributed by atoms with Crippen LogP contribution in [-0.4, -0.2) is 25.4 Å². The van der Waals surface area contributed by atoms with Gasteiger partial charge in [-0.05, 0) is 23.1 Å². The topological polar surface area (TPSA) is 25.1 Å². The smallest absolute Gasteiger partial charge is 0.0850 e. The van der Waals surface area contributed by atoms with E-state index in [1.54, 1.807) is 0 Å². The van der Waals surface area contributed by atoms with Crippen LogP contribution in [0.4, 0.5) is 0 Å². The van der Waals surface area contributed by atoms with E-state index in [0.717, 1.165) is 32.5 Å². The molecule has 3 rings (SSSR count). The number of rotatable bonds is 5. The molecule has 0 amide bonds. The SMILES string of the molecule is CCc1cc(CC2CO2)cc(CC2CO2)c1. The molecule has 2 unspecified atom stereocenters. The van der Waals surface area contributed by atoms with Crippen LogP contribution in [0.25, 0.3) is 0 Å². The number of hydrogen-bond acceptors (Lipinski definition) is 2. The van der Waals surface area contributed by atoms with Gasteiger partial charge < -0.3 is 9.47 Å². The van der Waals surface area contributed by atoms with Gasteiger partial charge in [-0.15, -0.1) is 0 Å². The standard InChI is InChI=1S/C14H18O2/c1-2-10-3-11(6-13-8-15-13)5-12(4-10)7-14-9-16-14/h3-5,13-14H,2,6-9H2,1H3. The molecular weight excluding hydrogens is 200 g/mol. The van der Waals surface area contributed by atoms with Crippen LogP contribution in [0, 0.1) is 0 Å². The van der Waals surface area contributed by atoms with Crippen molar-refractivity contribution in [3.63, 3.8) is 0 Å². The first-order valence-electron chi connectivity index (χ1n) is 6.18. The van der Waals surface area contributed by atoms with Gasteiger partial charge >= 0.3 is 0 Å². The van der Waals surface area contributed by atoms with Gasteiger partial charge in [-0.2, -0.15) is 0 Å². The van der Waals surface area contributed by atoms with Crippen molar-refractivity contribution in [2.75, 3.05) is 13.2 Å². The summed E-state index contributed by atoms with van der Waals surface area (Å²) < 4.78 is 10.6. The molecule has 2 heterocycles. The lowest BCUT2D eigenvalue weighted by molar-refractivity contribution is 0.406. The molecule has 0 spiro atoms. The summed E-state index contributed by atoms with van der Waals surface area (Å²) in [5.74, 6) is 0. The van der Waals surface area contributed by atoms with Crippen molar-refractivity contribution in [2.45, 2.75) is 38.4 Å². The van der Waals surface area contributed by atoms with E-state index in [0.29, 0.717) is 12.2 Å². The summed E-state index contributed by atoms with van der Waals surface area (Å²) in [4.78, 5) is 0. The van der Waals surface area contributed by atoms with Gasteiger partial charge in [0, 0.05) is 12.8 Å². The largest absolute Gasteiger partial charge is 0.373 e. The van der Waals surface area contributed by atoms with Gasteiger partial charge in [-0.3, -0.25) is 0 Å². The molecule has 2 heteroatoms. The summed E-state index contributed by atoms with van der Waals surface area (Å²) in [5, 5.41) is 0. The van der Waals surface area contributed by atoms with Gasteiger partial charge in [-0.1, -0.05) is 25.1 Å². The van der Waals surface area contributed by atoms with Crippen molar-refractivity contribution in [3.8, 4) is 0 Å². The van der Waals surface area contributed by atoms with Gasteiger partial charge in [0.1, 0.15) is 0 Å². The highest BCUT2D eigenvalue weighted by Crippen LogP contribution is 2.22. The third kappa shape index (κ3) is 2.63. The Morgan fingerprint density at radius 1 is 0.938 bits per heavy atom. The molecule has 2 aliphatic rings. The van der Waals surface area contributed by atoms with Crippen molar-refractivity contribution in [1.82, 2.24) is 0 Å². The van der Waals surface area contributed by atoms with E-state index in [-0.39, 0.29) is 0 Å². The second-order valence-corrected chi connectivity index (χ2v) is 4.83. The molecule has 2 fully saturated rings. The minimum absolute atomic E-state index is 0.483. The lowest BCUT2D eigenvalue weighted by Gasteiger charge is -2.07. The van der Waals surface area contributed by atoms with Crippen LogP contribution in [0.2, 0.25) is 0 Å². The number of benzene rings is 1. The summed E-state index contributed by atoms with van der Waals surface area (Å²) in [7, 11) is 0. The number of hydrogen-bond donors (Lipinski definition) is 0. The van der Waals surface area contributed by atoms with Crippen molar-refractivity contribution in [1.29, 1.82) is 0 Å². The molecule has 0 aliphatic carbocycles. The molecule has 2 saturated heterocycles. The Kier molecular flexibility index (Phi) is 2.70. The van der Waals surface area contributed by atoms with Crippen LogP contribution in [-0.2, 0) is 28.7 Å². The maximum Gasteiger partial charge on any atom is 0.0850 e. The second kappa shape index (κ2) is 4.19. The third-order valence-corrected chi connectivity index (χ3v) is 3.25. The second-order valence-electron chi connectivity index (χ2n) is 4.83. The van der Waals surface area contributed by atoms with Crippen LogP contribution < -0.4 is 0 Å². The minimum Gasteiger partial charge on any atom is -0.373 e. The van der Waals surface area contributed by atoms with E-state index in [1.807, 2.05) is 0 Å².